The molecule has 0 radical (unpaired) electrons. The zero-order valence-corrected chi connectivity index (χ0v) is 11.5. The fourth-order valence-electron chi connectivity index (χ4n) is 1.75. The number of carbonyl (C=O) groups excluding carboxylic acids is 1. The number of rotatable bonds is 4. The number of methoxy groups -OCH3 is 1. The van der Waals surface area contributed by atoms with E-state index in [1.165, 1.54) is 7.11 Å². The number of fused-ring (bicyclic) bond motifs is 1. The van der Waals surface area contributed by atoms with Crippen LogP contribution in [-0.4, -0.2) is 44.5 Å². The van der Waals surface area contributed by atoms with Crippen LogP contribution in [0.5, 0.6) is 5.88 Å². The van der Waals surface area contributed by atoms with E-state index >= 15 is 0 Å². The first kappa shape index (κ1) is 13.6. The molecule has 1 aromatic heterocycles. The minimum atomic E-state index is -3.10. The maximum atomic E-state index is 11.8. The van der Waals surface area contributed by atoms with Crippen LogP contribution in [0.3, 0.4) is 0 Å². The highest BCUT2D eigenvalue weighted by atomic mass is 32.2. The first-order valence-corrected chi connectivity index (χ1v) is 7.75. The molecule has 1 amide bonds. The van der Waals surface area contributed by atoms with Gasteiger partial charge in [-0.2, -0.15) is 4.98 Å². The summed E-state index contributed by atoms with van der Waals surface area (Å²) in [7, 11) is -1.60. The van der Waals surface area contributed by atoms with Crippen molar-refractivity contribution in [3.63, 3.8) is 0 Å². The smallest absolute Gasteiger partial charge is 0.247 e. The van der Waals surface area contributed by atoms with Gasteiger partial charge in [-0.05, 0) is 12.5 Å². The van der Waals surface area contributed by atoms with Gasteiger partial charge in [0.2, 0.25) is 11.8 Å². The van der Waals surface area contributed by atoms with E-state index in [-0.39, 0.29) is 18.1 Å². The van der Waals surface area contributed by atoms with Gasteiger partial charge in [-0.3, -0.25) is 4.79 Å². The van der Waals surface area contributed by atoms with Crippen LogP contribution in [0, 0.1) is 0 Å². The highest BCUT2D eigenvalue weighted by Gasteiger charge is 2.27. The standard InChI is InChI=1S/C11H15N3O4S/c1-18-9-4-3-7-10(14-9)12-8(11(15)13-7)5-6-19(2,16)17/h3-4,8H,5-6H2,1-2H3,(H,12,14)(H,13,15). The van der Waals surface area contributed by atoms with E-state index in [0.717, 1.165) is 6.26 Å². The highest BCUT2D eigenvalue weighted by Crippen LogP contribution is 2.27. The predicted octanol–water partition coefficient (Wildman–Crippen LogP) is 0.257. The van der Waals surface area contributed by atoms with Crippen molar-refractivity contribution in [2.45, 2.75) is 12.5 Å². The Bertz CT molecular complexity index is 600. The number of sulfone groups is 1. The molecule has 0 aromatic carbocycles. The molecule has 0 fully saturated rings. The molecule has 1 atom stereocenters. The summed E-state index contributed by atoms with van der Waals surface area (Å²) in [6.45, 7) is 0. The molecule has 2 rings (SSSR count). The van der Waals surface area contributed by atoms with Crippen molar-refractivity contribution in [2.75, 3.05) is 29.8 Å². The van der Waals surface area contributed by atoms with Crippen molar-refractivity contribution < 1.29 is 17.9 Å². The molecule has 7 nitrogen and oxygen atoms in total. The molecule has 104 valence electrons. The van der Waals surface area contributed by atoms with Gasteiger partial charge in [0, 0.05) is 12.3 Å². The van der Waals surface area contributed by atoms with Crippen LogP contribution < -0.4 is 15.4 Å². The van der Waals surface area contributed by atoms with Gasteiger partial charge >= 0.3 is 0 Å². The van der Waals surface area contributed by atoms with E-state index in [0.29, 0.717) is 17.4 Å². The summed E-state index contributed by atoms with van der Waals surface area (Å²) in [6, 6.07) is 2.71. The second kappa shape index (κ2) is 5.04. The average molecular weight is 285 g/mol. The predicted molar refractivity (Wildman–Crippen MR) is 71.2 cm³/mol. The summed E-state index contributed by atoms with van der Waals surface area (Å²) in [4.78, 5) is 16.0. The summed E-state index contributed by atoms with van der Waals surface area (Å²) >= 11 is 0. The van der Waals surface area contributed by atoms with Crippen molar-refractivity contribution in [1.82, 2.24) is 4.98 Å². The molecular weight excluding hydrogens is 270 g/mol. The Morgan fingerprint density at radius 1 is 1.42 bits per heavy atom. The largest absolute Gasteiger partial charge is 0.481 e. The molecule has 1 aliphatic rings. The van der Waals surface area contributed by atoms with Crippen LogP contribution in [0.2, 0.25) is 0 Å². The molecule has 0 bridgehead atoms. The van der Waals surface area contributed by atoms with Crippen molar-refractivity contribution >= 4 is 27.2 Å². The first-order valence-electron chi connectivity index (χ1n) is 5.69. The van der Waals surface area contributed by atoms with E-state index < -0.39 is 15.9 Å². The zero-order chi connectivity index (χ0) is 14.0. The van der Waals surface area contributed by atoms with E-state index in [4.69, 9.17) is 4.74 Å². The number of ether oxygens (including phenoxy) is 1. The van der Waals surface area contributed by atoms with Crippen molar-refractivity contribution in [3.8, 4) is 5.88 Å². The Morgan fingerprint density at radius 3 is 2.79 bits per heavy atom. The highest BCUT2D eigenvalue weighted by molar-refractivity contribution is 7.90. The Kier molecular flexibility index (Phi) is 3.61. The number of aromatic nitrogens is 1. The molecule has 2 heterocycles. The van der Waals surface area contributed by atoms with Crippen molar-refractivity contribution in [2.24, 2.45) is 0 Å². The molecule has 0 saturated heterocycles. The second-order valence-electron chi connectivity index (χ2n) is 4.35. The number of hydrogen-bond donors (Lipinski definition) is 2. The van der Waals surface area contributed by atoms with Crippen LogP contribution in [-0.2, 0) is 14.6 Å². The summed E-state index contributed by atoms with van der Waals surface area (Å²) in [5, 5.41) is 5.61. The fraction of sp³-hybridized carbons (Fsp3) is 0.455. The Labute approximate surface area is 111 Å². The number of amides is 1. The third kappa shape index (κ3) is 3.34. The molecular formula is C11H15N3O4S. The fourth-order valence-corrected chi connectivity index (χ4v) is 2.42. The lowest BCUT2D eigenvalue weighted by Gasteiger charge is -2.25. The maximum Gasteiger partial charge on any atom is 0.247 e. The Balaban J connectivity index is 2.15. The van der Waals surface area contributed by atoms with Gasteiger partial charge < -0.3 is 15.4 Å². The van der Waals surface area contributed by atoms with Gasteiger partial charge in [0.05, 0.1) is 18.6 Å². The lowest BCUT2D eigenvalue weighted by Crippen LogP contribution is -2.40. The van der Waals surface area contributed by atoms with Crippen LogP contribution >= 0.6 is 0 Å². The Morgan fingerprint density at radius 2 is 2.16 bits per heavy atom. The molecule has 1 aliphatic heterocycles. The zero-order valence-electron chi connectivity index (χ0n) is 10.6. The lowest BCUT2D eigenvalue weighted by molar-refractivity contribution is -0.117. The number of pyridine rings is 1. The number of carbonyl (C=O) groups is 1. The normalized spacial score (nSPS) is 18.2. The van der Waals surface area contributed by atoms with Gasteiger partial charge in [0.25, 0.3) is 0 Å². The summed E-state index contributed by atoms with van der Waals surface area (Å²) < 4.78 is 27.3. The summed E-state index contributed by atoms with van der Waals surface area (Å²) in [5.74, 6) is 0.585. The molecule has 1 aromatic rings. The van der Waals surface area contributed by atoms with Crippen molar-refractivity contribution in [1.29, 1.82) is 0 Å². The lowest BCUT2D eigenvalue weighted by atomic mass is 10.1. The van der Waals surface area contributed by atoms with Gasteiger partial charge in [-0.15, -0.1) is 0 Å². The van der Waals surface area contributed by atoms with Crippen molar-refractivity contribution in [3.05, 3.63) is 12.1 Å². The number of nitrogens with zero attached hydrogens (tertiary/aromatic N) is 1. The molecule has 1 unspecified atom stereocenters. The number of hydrogen-bond acceptors (Lipinski definition) is 6. The van der Waals surface area contributed by atoms with E-state index in [2.05, 4.69) is 15.6 Å². The van der Waals surface area contributed by atoms with Crippen LogP contribution in [0.4, 0.5) is 11.5 Å². The first-order chi connectivity index (χ1) is 8.89. The summed E-state index contributed by atoms with van der Waals surface area (Å²) in [6.07, 6.45) is 1.34. The average Bonchev–Trinajstić information content (AvgIpc) is 2.34. The van der Waals surface area contributed by atoms with E-state index in [1.807, 2.05) is 0 Å². The SMILES string of the molecule is COc1ccc2c(n1)NC(CCS(C)(=O)=O)C(=O)N2. The monoisotopic (exact) mass is 285 g/mol. The minimum absolute atomic E-state index is 0.0581. The van der Waals surface area contributed by atoms with Gasteiger partial charge in [-0.25, -0.2) is 8.42 Å². The number of anilines is 2. The van der Waals surface area contributed by atoms with Crippen LogP contribution in [0.15, 0.2) is 12.1 Å². The van der Waals surface area contributed by atoms with Gasteiger partial charge in [0.1, 0.15) is 15.9 Å². The molecule has 0 spiro atoms. The summed E-state index contributed by atoms with van der Waals surface area (Å²) in [5.41, 5.74) is 0.557. The van der Waals surface area contributed by atoms with Gasteiger partial charge in [-0.1, -0.05) is 0 Å². The van der Waals surface area contributed by atoms with E-state index in [1.54, 1.807) is 12.1 Å². The molecule has 0 saturated carbocycles. The second-order valence-corrected chi connectivity index (χ2v) is 6.61. The molecule has 8 heteroatoms. The molecule has 19 heavy (non-hydrogen) atoms. The van der Waals surface area contributed by atoms with E-state index in [9.17, 15) is 13.2 Å². The third-order valence-corrected chi connectivity index (χ3v) is 3.72. The Hall–Kier alpha value is -1.83. The van der Waals surface area contributed by atoms with Crippen LogP contribution in [0.25, 0.3) is 0 Å². The topological polar surface area (TPSA) is 97.4 Å². The molecule has 0 aliphatic carbocycles. The maximum absolute atomic E-state index is 11.8. The quantitative estimate of drug-likeness (QED) is 0.823. The third-order valence-electron chi connectivity index (χ3n) is 2.74. The number of nitrogens with one attached hydrogen (secondary N) is 2. The molecule has 2 N–H and O–H groups in total. The minimum Gasteiger partial charge on any atom is -0.481 e. The van der Waals surface area contributed by atoms with Crippen LogP contribution in [0.1, 0.15) is 6.42 Å². The van der Waals surface area contributed by atoms with Gasteiger partial charge in [0.15, 0.2) is 5.82 Å².